The first-order valence-corrected chi connectivity index (χ1v) is 6.20. The molecule has 0 aliphatic heterocycles. The van der Waals surface area contributed by atoms with Crippen LogP contribution in [0.5, 0.6) is 0 Å². The van der Waals surface area contributed by atoms with Crippen LogP contribution in [0.25, 0.3) is 0 Å². The number of rotatable bonds is 6. The Balaban J connectivity index is 1.95. The van der Waals surface area contributed by atoms with Gasteiger partial charge in [0.15, 0.2) is 0 Å². The van der Waals surface area contributed by atoms with Crippen molar-refractivity contribution < 1.29 is 0 Å². The third-order valence-corrected chi connectivity index (χ3v) is 2.98. The van der Waals surface area contributed by atoms with Crippen molar-refractivity contribution >= 4 is 5.82 Å². The van der Waals surface area contributed by atoms with Crippen molar-refractivity contribution in [3.8, 4) is 0 Å². The van der Waals surface area contributed by atoms with Gasteiger partial charge >= 0.3 is 0 Å². The van der Waals surface area contributed by atoms with Crippen molar-refractivity contribution in [2.75, 3.05) is 18.5 Å². The van der Waals surface area contributed by atoms with E-state index < -0.39 is 0 Å². The molecule has 1 aliphatic rings. The maximum Gasteiger partial charge on any atom is 0.128 e. The van der Waals surface area contributed by atoms with Gasteiger partial charge in [-0.05, 0) is 37.9 Å². The maximum absolute atomic E-state index is 4.67. The second-order valence-electron chi connectivity index (χ2n) is 4.51. The van der Waals surface area contributed by atoms with Gasteiger partial charge in [-0.3, -0.25) is 0 Å². The molecule has 1 N–H and O–H groups in total. The lowest BCUT2D eigenvalue weighted by Crippen LogP contribution is -2.22. The lowest BCUT2D eigenvalue weighted by atomic mass is 10.3. The molecule has 2 rings (SSSR count). The van der Waals surface area contributed by atoms with Crippen LogP contribution >= 0.6 is 0 Å². The summed E-state index contributed by atoms with van der Waals surface area (Å²) >= 11 is 0. The largest absolute Gasteiger partial charge is 0.357 e. The Labute approximate surface area is 97.9 Å². The fourth-order valence-corrected chi connectivity index (χ4v) is 1.80. The van der Waals surface area contributed by atoms with Crippen molar-refractivity contribution in [2.24, 2.45) is 0 Å². The summed E-state index contributed by atoms with van der Waals surface area (Å²) in [7, 11) is 2.14. The third-order valence-electron chi connectivity index (χ3n) is 2.98. The second-order valence-corrected chi connectivity index (χ2v) is 4.51. The van der Waals surface area contributed by atoms with Crippen LogP contribution in [0, 0.1) is 0 Å². The summed E-state index contributed by atoms with van der Waals surface area (Å²) in [5, 5.41) is 3.38. The lowest BCUT2D eigenvalue weighted by Gasteiger charge is -2.17. The molecule has 88 valence electrons. The van der Waals surface area contributed by atoms with E-state index in [0.29, 0.717) is 0 Å². The van der Waals surface area contributed by atoms with E-state index in [2.05, 4.69) is 47.4 Å². The van der Waals surface area contributed by atoms with Gasteiger partial charge in [-0.15, -0.1) is 0 Å². The molecule has 0 atom stereocenters. The quantitative estimate of drug-likeness (QED) is 0.743. The summed E-state index contributed by atoms with van der Waals surface area (Å²) in [5.41, 5.74) is 1.14. The minimum atomic E-state index is 0.728. The molecule has 3 heteroatoms. The Morgan fingerprint density at radius 2 is 2.25 bits per heavy atom. The first-order chi connectivity index (χ1) is 7.81. The van der Waals surface area contributed by atoms with Crippen molar-refractivity contribution in [1.82, 2.24) is 10.3 Å². The fourth-order valence-electron chi connectivity index (χ4n) is 1.80. The van der Waals surface area contributed by atoms with Gasteiger partial charge in [0, 0.05) is 19.6 Å². The van der Waals surface area contributed by atoms with E-state index in [1.807, 2.05) is 0 Å². The van der Waals surface area contributed by atoms with Crippen molar-refractivity contribution in [2.45, 2.75) is 38.8 Å². The smallest absolute Gasteiger partial charge is 0.128 e. The molecule has 0 bridgehead atoms. The highest BCUT2D eigenvalue weighted by molar-refractivity contribution is 5.41. The minimum absolute atomic E-state index is 0.728. The number of nitrogens with zero attached hydrogens (tertiary/aromatic N) is 2. The van der Waals surface area contributed by atoms with Crippen molar-refractivity contribution in [3.05, 3.63) is 23.9 Å². The molecule has 1 fully saturated rings. The number of hydrogen-bond acceptors (Lipinski definition) is 3. The van der Waals surface area contributed by atoms with Crippen LogP contribution in [-0.2, 0) is 6.54 Å². The number of pyridine rings is 1. The maximum atomic E-state index is 4.67. The predicted octanol–water partition coefficient (Wildman–Crippen LogP) is 2.18. The zero-order chi connectivity index (χ0) is 11.4. The molecule has 16 heavy (non-hydrogen) atoms. The molecule has 1 aliphatic carbocycles. The molecule has 0 unspecified atom stereocenters. The number of anilines is 1. The van der Waals surface area contributed by atoms with Gasteiger partial charge in [0.1, 0.15) is 5.82 Å². The van der Waals surface area contributed by atoms with Crippen LogP contribution in [0.3, 0.4) is 0 Å². The van der Waals surface area contributed by atoms with Gasteiger partial charge in [0.05, 0.1) is 5.69 Å². The Morgan fingerprint density at radius 1 is 1.44 bits per heavy atom. The molecular formula is C13H21N3. The average Bonchev–Trinajstić information content (AvgIpc) is 3.13. The van der Waals surface area contributed by atoms with E-state index in [-0.39, 0.29) is 0 Å². The number of aromatic nitrogens is 1. The third kappa shape index (κ3) is 2.95. The summed E-state index contributed by atoms with van der Waals surface area (Å²) in [5.74, 6) is 1.11. The first kappa shape index (κ1) is 11.4. The van der Waals surface area contributed by atoms with Gasteiger partial charge in [0.2, 0.25) is 0 Å². The van der Waals surface area contributed by atoms with Gasteiger partial charge in [0.25, 0.3) is 0 Å². The molecule has 1 heterocycles. The highest BCUT2D eigenvalue weighted by Gasteiger charge is 2.26. The summed E-state index contributed by atoms with van der Waals surface area (Å²) in [6, 6.07) is 7.02. The van der Waals surface area contributed by atoms with Crippen molar-refractivity contribution in [1.29, 1.82) is 0 Å². The topological polar surface area (TPSA) is 28.2 Å². The Morgan fingerprint density at radius 3 is 2.94 bits per heavy atom. The molecule has 0 spiro atoms. The monoisotopic (exact) mass is 219 g/mol. The molecular weight excluding hydrogens is 198 g/mol. The first-order valence-electron chi connectivity index (χ1n) is 6.20. The van der Waals surface area contributed by atoms with E-state index in [4.69, 9.17) is 0 Å². The van der Waals surface area contributed by atoms with Crippen LogP contribution in [0.4, 0.5) is 5.82 Å². The van der Waals surface area contributed by atoms with E-state index in [0.717, 1.165) is 30.6 Å². The minimum Gasteiger partial charge on any atom is -0.357 e. The van der Waals surface area contributed by atoms with E-state index in [1.54, 1.807) is 0 Å². The van der Waals surface area contributed by atoms with Crippen LogP contribution < -0.4 is 10.2 Å². The zero-order valence-corrected chi connectivity index (χ0v) is 10.2. The summed E-state index contributed by atoms with van der Waals surface area (Å²) in [4.78, 5) is 6.96. The highest BCUT2D eigenvalue weighted by Crippen LogP contribution is 2.28. The molecule has 1 aromatic rings. The molecule has 0 amide bonds. The fraction of sp³-hybridized carbons (Fsp3) is 0.615. The SMILES string of the molecule is CCCNCc1cccc(N(C)C2CC2)n1. The highest BCUT2D eigenvalue weighted by atomic mass is 15.2. The number of nitrogens with one attached hydrogen (secondary N) is 1. The molecule has 1 aromatic heterocycles. The zero-order valence-electron chi connectivity index (χ0n) is 10.2. The van der Waals surface area contributed by atoms with Gasteiger partial charge in [-0.25, -0.2) is 4.98 Å². The average molecular weight is 219 g/mol. The molecule has 3 nitrogen and oxygen atoms in total. The van der Waals surface area contributed by atoms with Gasteiger partial charge in [-0.1, -0.05) is 13.0 Å². The Kier molecular flexibility index (Phi) is 3.78. The summed E-state index contributed by atoms with van der Waals surface area (Å²) in [6.07, 6.45) is 3.80. The normalized spacial score (nSPS) is 15.1. The van der Waals surface area contributed by atoms with Crippen LogP contribution in [-0.4, -0.2) is 24.6 Å². The lowest BCUT2D eigenvalue weighted by molar-refractivity contribution is 0.663. The van der Waals surface area contributed by atoms with Crippen molar-refractivity contribution in [3.63, 3.8) is 0 Å². The number of hydrogen-bond donors (Lipinski definition) is 1. The molecule has 0 radical (unpaired) electrons. The summed E-state index contributed by atoms with van der Waals surface area (Å²) in [6.45, 7) is 4.11. The second kappa shape index (κ2) is 5.30. The van der Waals surface area contributed by atoms with Gasteiger partial charge < -0.3 is 10.2 Å². The molecule has 0 saturated heterocycles. The van der Waals surface area contributed by atoms with Crippen LogP contribution in [0.1, 0.15) is 31.9 Å². The molecule has 0 aromatic carbocycles. The Hall–Kier alpha value is -1.09. The standard InChI is InChI=1S/C13H21N3/c1-3-9-14-10-11-5-4-6-13(15-11)16(2)12-7-8-12/h4-6,12,14H,3,7-10H2,1-2H3. The van der Waals surface area contributed by atoms with E-state index in [1.165, 1.54) is 19.3 Å². The Bertz CT molecular complexity index is 334. The van der Waals surface area contributed by atoms with E-state index in [9.17, 15) is 0 Å². The summed E-state index contributed by atoms with van der Waals surface area (Å²) < 4.78 is 0. The predicted molar refractivity (Wildman–Crippen MR) is 67.7 cm³/mol. The molecule has 1 saturated carbocycles. The van der Waals surface area contributed by atoms with Gasteiger partial charge in [-0.2, -0.15) is 0 Å². The van der Waals surface area contributed by atoms with E-state index >= 15 is 0 Å². The van der Waals surface area contributed by atoms with Crippen LogP contribution in [0.15, 0.2) is 18.2 Å². The van der Waals surface area contributed by atoms with Crippen LogP contribution in [0.2, 0.25) is 0 Å².